The van der Waals surface area contributed by atoms with E-state index in [9.17, 15) is 5.11 Å². The summed E-state index contributed by atoms with van der Waals surface area (Å²) in [5.41, 5.74) is 0. The summed E-state index contributed by atoms with van der Waals surface area (Å²) in [7, 11) is 0. The molecule has 2 rings (SSSR count). The van der Waals surface area contributed by atoms with Gasteiger partial charge in [0.25, 0.3) is 0 Å². The van der Waals surface area contributed by atoms with Gasteiger partial charge in [0, 0.05) is 6.61 Å². The van der Waals surface area contributed by atoms with Crippen LogP contribution in [-0.2, 0) is 0 Å². The number of hydrogen-bond acceptors (Lipinski definition) is 2. The summed E-state index contributed by atoms with van der Waals surface area (Å²) in [6.45, 7) is 2.25. The topological polar surface area (TPSA) is 40.5 Å². The molecular formula is C14H22O2. The van der Waals surface area contributed by atoms with Gasteiger partial charge in [0.15, 0.2) is 0 Å². The van der Waals surface area contributed by atoms with Gasteiger partial charge in [0.2, 0.25) is 0 Å². The van der Waals surface area contributed by atoms with Gasteiger partial charge >= 0.3 is 0 Å². The van der Waals surface area contributed by atoms with Gasteiger partial charge in [0.1, 0.15) is 0 Å². The Kier molecular flexibility index (Phi) is 6.12. The van der Waals surface area contributed by atoms with Gasteiger partial charge in [-0.15, -0.1) is 0 Å². The minimum atomic E-state index is -0.175. The molecule has 1 aliphatic rings. The Morgan fingerprint density at radius 1 is 1.00 bits per heavy atom. The van der Waals surface area contributed by atoms with Gasteiger partial charge < -0.3 is 10.2 Å². The van der Waals surface area contributed by atoms with Crippen LogP contribution in [0.2, 0.25) is 0 Å². The molecule has 0 saturated heterocycles. The Morgan fingerprint density at radius 3 is 1.88 bits per heavy atom. The van der Waals surface area contributed by atoms with Crippen LogP contribution in [-0.4, -0.2) is 22.9 Å². The Balaban J connectivity index is 0.000000181. The van der Waals surface area contributed by atoms with Gasteiger partial charge in [-0.1, -0.05) is 49.7 Å². The lowest BCUT2D eigenvalue weighted by atomic mass is 9.79. The quantitative estimate of drug-likeness (QED) is 0.766. The predicted molar refractivity (Wildman–Crippen MR) is 66.0 cm³/mol. The van der Waals surface area contributed by atoms with E-state index in [0.717, 1.165) is 19.3 Å². The zero-order valence-electron chi connectivity index (χ0n) is 9.92. The molecule has 0 radical (unpaired) electrons. The van der Waals surface area contributed by atoms with Crippen molar-refractivity contribution in [2.24, 2.45) is 11.8 Å². The number of aliphatic hydroxyl groups excluding tert-OH is 2. The van der Waals surface area contributed by atoms with Gasteiger partial charge in [0.05, 0.1) is 6.10 Å². The molecule has 3 atom stereocenters. The summed E-state index contributed by atoms with van der Waals surface area (Å²) < 4.78 is 0. The number of benzene rings is 1. The van der Waals surface area contributed by atoms with Crippen molar-refractivity contribution in [2.75, 3.05) is 6.61 Å². The highest BCUT2D eigenvalue weighted by Crippen LogP contribution is 2.29. The van der Waals surface area contributed by atoms with Crippen LogP contribution in [0.15, 0.2) is 36.4 Å². The van der Waals surface area contributed by atoms with E-state index >= 15 is 0 Å². The first kappa shape index (κ1) is 13.2. The molecule has 16 heavy (non-hydrogen) atoms. The summed E-state index contributed by atoms with van der Waals surface area (Å²) in [4.78, 5) is 0. The summed E-state index contributed by atoms with van der Waals surface area (Å²) in [5.74, 6) is 0.627. The van der Waals surface area contributed by atoms with E-state index in [-0.39, 0.29) is 12.7 Å². The third kappa shape index (κ3) is 4.33. The zero-order chi connectivity index (χ0) is 11.8. The fourth-order valence-corrected chi connectivity index (χ4v) is 2.07. The Bertz CT molecular complexity index is 234. The third-order valence-electron chi connectivity index (χ3n) is 3.33. The molecule has 1 aromatic rings. The van der Waals surface area contributed by atoms with Crippen molar-refractivity contribution in [1.29, 1.82) is 0 Å². The van der Waals surface area contributed by atoms with E-state index in [1.165, 1.54) is 0 Å². The number of rotatable bonds is 1. The van der Waals surface area contributed by atoms with Crippen molar-refractivity contribution < 1.29 is 10.2 Å². The highest BCUT2D eigenvalue weighted by atomic mass is 16.3. The SMILES string of the molecule is CC1C(O)CCCC1CO.c1ccccc1. The molecule has 0 bridgehead atoms. The third-order valence-corrected chi connectivity index (χ3v) is 3.33. The first-order valence-electron chi connectivity index (χ1n) is 6.04. The molecule has 2 nitrogen and oxygen atoms in total. The molecule has 90 valence electrons. The molecule has 2 N–H and O–H groups in total. The zero-order valence-corrected chi connectivity index (χ0v) is 9.92. The van der Waals surface area contributed by atoms with Crippen molar-refractivity contribution in [1.82, 2.24) is 0 Å². The highest BCUT2D eigenvalue weighted by molar-refractivity contribution is 4.99. The second-order valence-electron chi connectivity index (χ2n) is 4.45. The van der Waals surface area contributed by atoms with Crippen molar-refractivity contribution in [2.45, 2.75) is 32.3 Å². The normalized spacial score (nSPS) is 29.1. The van der Waals surface area contributed by atoms with Crippen molar-refractivity contribution in [3.05, 3.63) is 36.4 Å². The van der Waals surface area contributed by atoms with Crippen LogP contribution in [0.5, 0.6) is 0 Å². The maximum absolute atomic E-state index is 9.37. The van der Waals surface area contributed by atoms with Gasteiger partial charge in [-0.2, -0.15) is 0 Å². The smallest absolute Gasteiger partial charge is 0.0569 e. The predicted octanol–water partition coefficient (Wildman–Crippen LogP) is 2.46. The second-order valence-corrected chi connectivity index (χ2v) is 4.45. The molecule has 1 aliphatic carbocycles. The van der Waals surface area contributed by atoms with E-state index in [1.54, 1.807) is 0 Å². The van der Waals surface area contributed by atoms with Crippen LogP contribution in [0.4, 0.5) is 0 Å². The van der Waals surface area contributed by atoms with Crippen LogP contribution in [0.25, 0.3) is 0 Å². The fourth-order valence-electron chi connectivity index (χ4n) is 2.07. The van der Waals surface area contributed by atoms with Gasteiger partial charge in [-0.25, -0.2) is 0 Å². The summed E-state index contributed by atoms with van der Waals surface area (Å²) in [6.07, 6.45) is 2.88. The maximum Gasteiger partial charge on any atom is 0.0569 e. The average Bonchev–Trinajstić information content (AvgIpc) is 2.36. The summed E-state index contributed by atoms with van der Waals surface area (Å²) in [5, 5.41) is 18.2. The lowest BCUT2D eigenvalue weighted by Gasteiger charge is -2.31. The number of aliphatic hydroxyl groups is 2. The van der Waals surface area contributed by atoms with E-state index in [1.807, 2.05) is 43.3 Å². The Morgan fingerprint density at radius 2 is 1.50 bits per heavy atom. The Hall–Kier alpha value is -0.860. The van der Waals surface area contributed by atoms with Crippen molar-refractivity contribution in [3.8, 4) is 0 Å². The molecule has 2 heteroatoms. The first-order valence-corrected chi connectivity index (χ1v) is 6.04. The van der Waals surface area contributed by atoms with Gasteiger partial charge in [-0.3, -0.25) is 0 Å². The minimum Gasteiger partial charge on any atom is -0.396 e. The lowest BCUT2D eigenvalue weighted by Crippen LogP contribution is -2.31. The molecule has 1 saturated carbocycles. The van der Waals surface area contributed by atoms with E-state index in [0.29, 0.717) is 11.8 Å². The van der Waals surface area contributed by atoms with Crippen LogP contribution in [0.1, 0.15) is 26.2 Å². The number of hydrogen-bond donors (Lipinski definition) is 2. The fraction of sp³-hybridized carbons (Fsp3) is 0.571. The second kappa shape index (κ2) is 7.42. The standard InChI is InChI=1S/C8H16O2.C6H6/c1-6-7(5-9)3-2-4-8(6)10;1-2-4-6-5-3-1/h6-10H,2-5H2,1H3;1-6H. The molecule has 1 fully saturated rings. The average molecular weight is 222 g/mol. The molecule has 0 amide bonds. The molecular weight excluding hydrogens is 200 g/mol. The van der Waals surface area contributed by atoms with E-state index in [4.69, 9.17) is 5.11 Å². The molecule has 0 aliphatic heterocycles. The van der Waals surface area contributed by atoms with Crippen LogP contribution in [0.3, 0.4) is 0 Å². The van der Waals surface area contributed by atoms with Gasteiger partial charge in [-0.05, 0) is 24.7 Å². The largest absolute Gasteiger partial charge is 0.396 e. The summed E-state index contributed by atoms with van der Waals surface area (Å²) >= 11 is 0. The Labute approximate surface area is 97.9 Å². The minimum absolute atomic E-state index is 0.175. The molecule has 0 aromatic heterocycles. The van der Waals surface area contributed by atoms with Crippen LogP contribution >= 0.6 is 0 Å². The van der Waals surface area contributed by atoms with Crippen molar-refractivity contribution >= 4 is 0 Å². The van der Waals surface area contributed by atoms with E-state index < -0.39 is 0 Å². The molecule has 3 unspecified atom stereocenters. The lowest BCUT2D eigenvalue weighted by molar-refractivity contribution is 0.0202. The van der Waals surface area contributed by atoms with Crippen LogP contribution in [0, 0.1) is 11.8 Å². The monoisotopic (exact) mass is 222 g/mol. The molecule has 1 aromatic carbocycles. The highest BCUT2D eigenvalue weighted by Gasteiger charge is 2.27. The first-order chi connectivity index (χ1) is 7.75. The molecule has 0 heterocycles. The maximum atomic E-state index is 9.37. The van der Waals surface area contributed by atoms with E-state index in [2.05, 4.69) is 0 Å². The van der Waals surface area contributed by atoms with Crippen molar-refractivity contribution in [3.63, 3.8) is 0 Å². The van der Waals surface area contributed by atoms with Crippen LogP contribution < -0.4 is 0 Å². The molecule has 0 spiro atoms. The summed E-state index contributed by atoms with van der Waals surface area (Å²) in [6, 6.07) is 12.0.